The number of amides is 1. The summed E-state index contributed by atoms with van der Waals surface area (Å²) in [5.74, 6) is 0.555. The average Bonchev–Trinajstić information content (AvgIpc) is 2.90. The van der Waals surface area contributed by atoms with Crippen LogP contribution in [0, 0.1) is 16.0 Å². The number of benzene rings is 3. The molecule has 0 bridgehead atoms. The number of nitro benzene ring substituents is 1. The standard InChI is InChI=1S/C28H30N4O4/c1-36-27-12-9-24(18-26(27)32(34)35)19-29-30-28(33)25-10-7-23(8-11-25)20-31-15-13-22(14-16-31)17-21-5-3-2-4-6-21/h2-12,18-19,22H,13-17,20H2,1H3,(H,30,33)/b29-19+. The molecule has 8 heteroatoms. The molecule has 0 atom stereocenters. The molecule has 0 radical (unpaired) electrons. The van der Waals surface area contributed by atoms with Gasteiger partial charge >= 0.3 is 5.69 Å². The van der Waals surface area contributed by atoms with E-state index in [0.717, 1.165) is 32.0 Å². The van der Waals surface area contributed by atoms with Gasteiger partial charge in [0.1, 0.15) is 0 Å². The van der Waals surface area contributed by atoms with Crippen LogP contribution in [0.1, 0.15) is 39.9 Å². The topological polar surface area (TPSA) is 97.1 Å². The molecule has 1 saturated heterocycles. The van der Waals surface area contributed by atoms with Crippen LogP contribution in [0.3, 0.4) is 0 Å². The van der Waals surface area contributed by atoms with E-state index in [1.54, 1.807) is 18.2 Å². The first kappa shape index (κ1) is 25.1. The fourth-order valence-electron chi connectivity index (χ4n) is 4.48. The van der Waals surface area contributed by atoms with Gasteiger partial charge in [0, 0.05) is 23.7 Å². The lowest BCUT2D eigenvalue weighted by Gasteiger charge is -2.32. The first-order valence-corrected chi connectivity index (χ1v) is 12.0. The molecule has 1 N–H and O–H groups in total. The lowest BCUT2D eigenvalue weighted by molar-refractivity contribution is -0.385. The molecule has 1 fully saturated rings. The van der Waals surface area contributed by atoms with Crippen molar-refractivity contribution < 1.29 is 14.5 Å². The Balaban J connectivity index is 1.25. The van der Waals surface area contributed by atoms with Crippen LogP contribution >= 0.6 is 0 Å². The lowest BCUT2D eigenvalue weighted by atomic mass is 9.90. The van der Waals surface area contributed by atoms with E-state index in [2.05, 4.69) is 45.8 Å². The molecule has 4 rings (SSSR count). The van der Waals surface area contributed by atoms with E-state index in [-0.39, 0.29) is 17.3 Å². The highest BCUT2D eigenvalue weighted by Crippen LogP contribution is 2.27. The number of piperidine rings is 1. The molecular formula is C28H30N4O4. The van der Waals surface area contributed by atoms with E-state index in [1.807, 2.05) is 12.1 Å². The van der Waals surface area contributed by atoms with Gasteiger partial charge in [0.2, 0.25) is 0 Å². The smallest absolute Gasteiger partial charge is 0.311 e. The Morgan fingerprint density at radius 2 is 1.81 bits per heavy atom. The highest BCUT2D eigenvalue weighted by atomic mass is 16.6. The van der Waals surface area contributed by atoms with Gasteiger partial charge in [-0.2, -0.15) is 5.10 Å². The van der Waals surface area contributed by atoms with Crippen LogP contribution < -0.4 is 10.2 Å². The van der Waals surface area contributed by atoms with Crippen LogP contribution in [0.25, 0.3) is 0 Å². The van der Waals surface area contributed by atoms with Crippen molar-refractivity contribution in [3.8, 4) is 5.75 Å². The summed E-state index contributed by atoms with van der Waals surface area (Å²) in [5.41, 5.74) is 5.87. The number of hydrogen-bond donors (Lipinski definition) is 1. The number of hydrazone groups is 1. The molecular weight excluding hydrogens is 456 g/mol. The number of carbonyl (C=O) groups is 1. The Morgan fingerprint density at radius 3 is 2.47 bits per heavy atom. The van der Waals surface area contributed by atoms with Crippen molar-refractivity contribution >= 4 is 17.8 Å². The zero-order chi connectivity index (χ0) is 25.3. The number of methoxy groups -OCH3 is 1. The van der Waals surface area contributed by atoms with Crippen molar-refractivity contribution in [3.63, 3.8) is 0 Å². The number of nitrogens with zero attached hydrogens (tertiary/aromatic N) is 3. The summed E-state index contributed by atoms with van der Waals surface area (Å²) in [6.07, 6.45) is 4.91. The third-order valence-corrected chi connectivity index (χ3v) is 6.48. The molecule has 0 unspecified atom stereocenters. The van der Waals surface area contributed by atoms with Crippen LogP contribution in [0.15, 0.2) is 77.9 Å². The van der Waals surface area contributed by atoms with Crippen molar-refractivity contribution in [1.29, 1.82) is 0 Å². The molecule has 0 saturated carbocycles. The Kier molecular flexibility index (Phi) is 8.41. The molecule has 0 aliphatic carbocycles. The summed E-state index contributed by atoms with van der Waals surface area (Å²) in [7, 11) is 1.37. The monoisotopic (exact) mass is 486 g/mol. The third-order valence-electron chi connectivity index (χ3n) is 6.48. The Bertz CT molecular complexity index is 1200. The normalized spacial score (nSPS) is 14.6. The van der Waals surface area contributed by atoms with Crippen LogP contribution in [0.4, 0.5) is 5.69 Å². The van der Waals surface area contributed by atoms with Crippen molar-refractivity contribution in [1.82, 2.24) is 10.3 Å². The highest BCUT2D eigenvalue weighted by Gasteiger charge is 2.19. The SMILES string of the molecule is COc1ccc(/C=N/NC(=O)c2ccc(CN3CCC(Cc4ccccc4)CC3)cc2)cc1[N+](=O)[O-]. The molecule has 8 nitrogen and oxygen atoms in total. The van der Waals surface area contributed by atoms with Crippen LogP contribution in [-0.2, 0) is 13.0 Å². The Morgan fingerprint density at radius 1 is 1.08 bits per heavy atom. The van der Waals surface area contributed by atoms with Gasteiger partial charge < -0.3 is 4.74 Å². The summed E-state index contributed by atoms with van der Waals surface area (Å²) in [4.78, 5) is 25.5. The summed E-state index contributed by atoms with van der Waals surface area (Å²) in [5, 5.41) is 15.1. The van der Waals surface area contributed by atoms with Crippen molar-refractivity contribution in [2.45, 2.75) is 25.8 Å². The van der Waals surface area contributed by atoms with Gasteiger partial charge in [0.15, 0.2) is 5.75 Å². The second-order valence-corrected chi connectivity index (χ2v) is 8.99. The van der Waals surface area contributed by atoms with Gasteiger partial charge in [0.25, 0.3) is 5.91 Å². The summed E-state index contributed by atoms with van der Waals surface area (Å²) in [6, 6.07) is 22.7. The van der Waals surface area contributed by atoms with E-state index in [9.17, 15) is 14.9 Å². The first-order chi connectivity index (χ1) is 17.5. The maximum absolute atomic E-state index is 12.4. The fourth-order valence-corrected chi connectivity index (χ4v) is 4.48. The number of likely N-dealkylation sites (tertiary alicyclic amines) is 1. The minimum atomic E-state index is -0.525. The molecule has 3 aromatic carbocycles. The maximum Gasteiger partial charge on any atom is 0.311 e. The van der Waals surface area contributed by atoms with Crippen LogP contribution in [0.5, 0.6) is 5.75 Å². The summed E-state index contributed by atoms with van der Waals surface area (Å²) >= 11 is 0. The van der Waals surface area contributed by atoms with Gasteiger partial charge in [-0.25, -0.2) is 5.43 Å². The highest BCUT2D eigenvalue weighted by molar-refractivity contribution is 5.95. The molecule has 1 aliphatic rings. The van der Waals surface area contributed by atoms with Gasteiger partial charge in [-0.3, -0.25) is 19.8 Å². The largest absolute Gasteiger partial charge is 0.490 e. The van der Waals surface area contributed by atoms with E-state index in [4.69, 9.17) is 4.74 Å². The predicted octanol–water partition coefficient (Wildman–Crippen LogP) is 4.82. The van der Waals surface area contributed by atoms with Crippen LogP contribution in [0.2, 0.25) is 0 Å². The van der Waals surface area contributed by atoms with Crippen molar-refractivity contribution in [2.75, 3.05) is 20.2 Å². The molecule has 0 aromatic heterocycles. The minimum Gasteiger partial charge on any atom is -0.490 e. The van der Waals surface area contributed by atoms with E-state index < -0.39 is 4.92 Å². The summed E-state index contributed by atoms with van der Waals surface area (Å²) in [6.45, 7) is 3.03. The number of rotatable bonds is 9. The lowest BCUT2D eigenvalue weighted by Crippen LogP contribution is -2.33. The Labute approximate surface area is 210 Å². The molecule has 1 heterocycles. The number of ether oxygens (including phenoxy) is 1. The summed E-state index contributed by atoms with van der Waals surface area (Å²) < 4.78 is 4.99. The number of hydrogen-bond acceptors (Lipinski definition) is 6. The second kappa shape index (κ2) is 12.1. The minimum absolute atomic E-state index is 0.163. The van der Waals surface area contributed by atoms with Gasteiger partial charge in [-0.05, 0) is 73.7 Å². The van der Waals surface area contributed by atoms with E-state index in [1.165, 1.54) is 49.4 Å². The zero-order valence-corrected chi connectivity index (χ0v) is 20.3. The molecule has 0 spiro atoms. The number of nitro groups is 1. The molecule has 186 valence electrons. The van der Waals surface area contributed by atoms with Gasteiger partial charge in [-0.1, -0.05) is 42.5 Å². The van der Waals surface area contributed by atoms with Gasteiger partial charge in [0.05, 0.1) is 18.2 Å². The number of nitrogens with one attached hydrogen (secondary N) is 1. The fraction of sp³-hybridized carbons (Fsp3) is 0.286. The number of carbonyl (C=O) groups excluding carboxylic acids is 1. The predicted molar refractivity (Wildman–Crippen MR) is 139 cm³/mol. The van der Waals surface area contributed by atoms with E-state index in [0.29, 0.717) is 11.1 Å². The van der Waals surface area contributed by atoms with Crippen molar-refractivity contribution in [3.05, 3.63) is 105 Å². The Hall–Kier alpha value is -4.04. The average molecular weight is 487 g/mol. The van der Waals surface area contributed by atoms with E-state index >= 15 is 0 Å². The molecule has 1 aliphatic heterocycles. The third kappa shape index (κ3) is 6.76. The zero-order valence-electron chi connectivity index (χ0n) is 20.3. The molecule has 36 heavy (non-hydrogen) atoms. The van der Waals surface area contributed by atoms with Gasteiger partial charge in [-0.15, -0.1) is 0 Å². The first-order valence-electron chi connectivity index (χ1n) is 12.0. The van der Waals surface area contributed by atoms with Crippen molar-refractivity contribution in [2.24, 2.45) is 11.0 Å². The maximum atomic E-state index is 12.4. The molecule has 1 amide bonds. The molecule has 3 aromatic rings. The quantitative estimate of drug-likeness (QED) is 0.266. The second-order valence-electron chi connectivity index (χ2n) is 8.99. The van der Waals surface area contributed by atoms with Crippen LogP contribution in [-0.4, -0.2) is 42.1 Å².